The SMILES string of the molecule is CCc1cnc(CNCC2CCCC2)s1. The first kappa shape index (κ1) is 11.1. The van der Waals surface area contributed by atoms with Gasteiger partial charge in [0.1, 0.15) is 5.01 Å². The van der Waals surface area contributed by atoms with E-state index in [-0.39, 0.29) is 0 Å². The van der Waals surface area contributed by atoms with Crippen LogP contribution in [0.15, 0.2) is 6.20 Å². The van der Waals surface area contributed by atoms with Crippen LogP contribution >= 0.6 is 11.3 Å². The Balaban J connectivity index is 1.68. The molecule has 0 radical (unpaired) electrons. The van der Waals surface area contributed by atoms with Crippen molar-refractivity contribution in [2.45, 2.75) is 45.6 Å². The van der Waals surface area contributed by atoms with Crippen molar-refractivity contribution in [1.29, 1.82) is 0 Å². The van der Waals surface area contributed by atoms with E-state index in [1.165, 1.54) is 42.1 Å². The maximum Gasteiger partial charge on any atom is 0.107 e. The number of aromatic nitrogens is 1. The van der Waals surface area contributed by atoms with Crippen LogP contribution in [0, 0.1) is 5.92 Å². The minimum Gasteiger partial charge on any atom is -0.310 e. The molecule has 0 amide bonds. The standard InChI is InChI=1S/C12H20N2S/c1-2-11-8-14-12(15-11)9-13-7-10-5-3-4-6-10/h8,10,13H,2-7,9H2,1H3. The highest BCUT2D eigenvalue weighted by molar-refractivity contribution is 7.11. The minimum atomic E-state index is 0.926. The predicted molar refractivity (Wildman–Crippen MR) is 65.2 cm³/mol. The van der Waals surface area contributed by atoms with Crippen molar-refractivity contribution in [3.63, 3.8) is 0 Å². The van der Waals surface area contributed by atoms with E-state index in [0.29, 0.717) is 0 Å². The molecule has 2 rings (SSSR count). The maximum absolute atomic E-state index is 4.41. The summed E-state index contributed by atoms with van der Waals surface area (Å²) in [6, 6.07) is 0. The molecule has 0 bridgehead atoms. The van der Waals surface area contributed by atoms with Crippen molar-refractivity contribution in [1.82, 2.24) is 10.3 Å². The molecule has 1 aliphatic carbocycles. The molecule has 15 heavy (non-hydrogen) atoms. The van der Waals surface area contributed by atoms with Gasteiger partial charge in [-0.3, -0.25) is 0 Å². The molecule has 3 heteroatoms. The van der Waals surface area contributed by atoms with Gasteiger partial charge < -0.3 is 5.32 Å². The van der Waals surface area contributed by atoms with Crippen LogP contribution in [-0.4, -0.2) is 11.5 Å². The zero-order valence-corrected chi connectivity index (χ0v) is 10.3. The number of rotatable bonds is 5. The second-order valence-corrected chi connectivity index (χ2v) is 5.55. The fraction of sp³-hybridized carbons (Fsp3) is 0.750. The van der Waals surface area contributed by atoms with E-state index in [1.807, 2.05) is 17.5 Å². The van der Waals surface area contributed by atoms with Gasteiger partial charge in [-0.1, -0.05) is 19.8 Å². The number of hydrogen-bond donors (Lipinski definition) is 1. The van der Waals surface area contributed by atoms with E-state index in [4.69, 9.17) is 0 Å². The van der Waals surface area contributed by atoms with Crippen molar-refractivity contribution in [3.05, 3.63) is 16.1 Å². The molecule has 1 fully saturated rings. The average Bonchev–Trinajstić information content (AvgIpc) is 2.88. The summed E-state index contributed by atoms with van der Waals surface area (Å²) in [6.45, 7) is 4.32. The molecule has 1 saturated carbocycles. The smallest absolute Gasteiger partial charge is 0.107 e. The lowest BCUT2D eigenvalue weighted by molar-refractivity contribution is 0.489. The molecule has 0 unspecified atom stereocenters. The lowest BCUT2D eigenvalue weighted by atomic mass is 10.1. The Morgan fingerprint density at radius 3 is 2.93 bits per heavy atom. The van der Waals surface area contributed by atoms with Crippen molar-refractivity contribution in [3.8, 4) is 0 Å². The molecule has 0 atom stereocenters. The number of nitrogens with one attached hydrogen (secondary N) is 1. The van der Waals surface area contributed by atoms with Crippen LogP contribution in [0.3, 0.4) is 0 Å². The van der Waals surface area contributed by atoms with Crippen molar-refractivity contribution in [2.75, 3.05) is 6.54 Å². The number of nitrogens with zero attached hydrogens (tertiary/aromatic N) is 1. The van der Waals surface area contributed by atoms with Crippen molar-refractivity contribution < 1.29 is 0 Å². The van der Waals surface area contributed by atoms with Crippen LogP contribution in [-0.2, 0) is 13.0 Å². The zero-order chi connectivity index (χ0) is 10.5. The van der Waals surface area contributed by atoms with Crippen molar-refractivity contribution in [2.24, 2.45) is 5.92 Å². The van der Waals surface area contributed by atoms with Gasteiger partial charge in [-0.25, -0.2) is 4.98 Å². The van der Waals surface area contributed by atoms with Gasteiger partial charge in [0.25, 0.3) is 0 Å². The zero-order valence-electron chi connectivity index (χ0n) is 9.46. The Labute approximate surface area is 96.1 Å². The normalized spacial score (nSPS) is 17.4. The Bertz CT molecular complexity index is 290. The van der Waals surface area contributed by atoms with E-state index in [9.17, 15) is 0 Å². The van der Waals surface area contributed by atoms with E-state index in [1.54, 1.807) is 0 Å². The van der Waals surface area contributed by atoms with Crippen LogP contribution < -0.4 is 5.32 Å². The molecule has 0 aliphatic heterocycles. The molecule has 0 aromatic carbocycles. The van der Waals surface area contributed by atoms with Gasteiger partial charge in [0.05, 0.1) is 0 Å². The molecule has 0 saturated heterocycles. The highest BCUT2D eigenvalue weighted by Gasteiger charge is 2.14. The Morgan fingerprint density at radius 2 is 2.27 bits per heavy atom. The summed E-state index contributed by atoms with van der Waals surface area (Å²) in [7, 11) is 0. The van der Waals surface area contributed by atoms with Gasteiger partial charge >= 0.3 is 0 Å². The van der Waals surface area contributed by atoms with E-state index in [2.05, 4.69) is 17.2 Å². The largest absolute Gasteiger partial charge is 0.310 e. The van der Waals surface area contributed by atoms with Gasteiger partial charge in [-0.2, -0.15) is 0 Å². The average molecular weight is 224 g/mol. The molecule has 2 nitrogen and oxygen atoms in total. The molecule has 1 heterocycles. The number of aryl methyl sites for hydroxylation is 1. The molecular formula is C12H20N2S. The summed E-state index contributed by atoms with van der Waals surface area (Å²) in [5.74, 6) is 0.926. The van der Waals surface area contributed by atoms with Gasteiger partial charge in [0, 0.05) is 17.6 Å². The Morgan fingerprint density at radius 1 is 1.47 bits per heavy atom. The summed E-state index contributed by atoms with van der Waals surface area (Å²) in [5.41, 5.74) is 0. The lowest BCUT2D eigenvalue weighted by Crippen LogP contribution is -2.20. The Hall–Kier alpha value is -0.410. The third-order valence-electron chi connectivity index (χ3n) is 3.13. The minimum absolute atomic E-state index is 0.926. The first-order valence-electron chi connectivity index (χ1n) is 6.02. The molecular weight excluding hydrogens is 204 g/mol. The molecule has 1 aromatic rings. The third-order valence-corrected chi connectivity index (χ3v) is 4.28. The van der Waals surface area contributed by atoms with Crippen molar-refractivity contribution >= 4 is 11.3 Å². The molecule has 1 aromatic heterocycles. The lowest BCUT2D eigenvalue weighted by Gasteiger charge is -2.08. The highest BCUT2D eigenvalue weighted by Crippen LogP contribution is 2.23. The highest BCUT2D eigenvalue weighted by atomic mass is 32.1. The van der Waals surface area contributed by atoms with Gasteiger partial charge in [-0.05, 0) is 31.7 Å². The van der Waals surface area contributed by atoms with E-state index in [0.717, 1.165) is 18.9 Å². The summed E-state index contributed by atoms with van der Waals surface area (Å²) in [6.07, 6.45) is 8.83. The van der Waals surface area contributed by atoms with Crippen LogP contribution in [0.2, 0.25) is 0 Å². The number of hydrogen-bond acceptors (Lipinski definition) is 3. The third kappa shape index (κ3) is 3.28. The monoisotopic (exact) mass is 224 g/mol. The van der Waals surface area contributed by atoms with Crippen LogP contribution in [0.4, 0.5) is 0 Å². The van der Waals surface area contributed by atoms with Gasteiger partial charge in [0.2, 0.25) is 0 Å². The van der Waals surface area contributed by atoms with E-state index < -0.39 is 0 Å². The van der Waals surface area contributed by atoms with Gasteiger partial charge in [-0.15, -0.1) is 11.3 Å². The molecule has 0 spiro atoms. The fourth-order valence-corrected chi connectivity index (χ4v) is 3.02. The van der Waals surface area contributed by atoms with Crippen LogP contribution in [0.25, 0.3) is 0 Å². The molecule has 84 valence electrons. The summed E-state index contributed by atoms with van der Waals surface area (Å²) in [5, 5.41) is 4.77. The topological polar surface area (TPSA) is 24.9 Å². The quantitative estimate of drug-likeness (QED) is 0.831. The van der Waals surface area contributed by atoms with Gasteiger partial charge in [0.15, 0.2) is 0 Å². The van der Waals surface area contributed by atoms with E-state index >= 15 is 0 Å². The summed E-state index contributed by atoms with van der Waals surface area (Å²) >= 11 is 1.84. The summed E-state index contributed by atoms with van der Waals surface area (Å²) < 4.78 is 0. The first-order valence-corrected chi connectivity index (χ1v) is 6.84. The van der Waals surface area contributed by atoms with Crippen LogP contribution in [0.5, 0.6) is 0 Å². The first-order chi connectivity index (χ1) is 7.38. The second-order valence-electron chi connectivity index (χ2n) is 4.36. The Kier molecular flexibility index (Phi) is 4.15. The van der Waals surface area contributed by atoms with Crippen LogP contribution in [0.1, 0.15) is 42.5 Å². The summed E-state index contributed by atoms with van der Waals surface area (Å²) in [4.78, 5) is 5.80. The predicted octanol–water partition coefficient (Wildman–Crippen LogP) is 2.99. The maximum atomic E-state index is 4.41. The second kappa shape index (κ2) is 5.61. The fourth-order valence-electron chi connectivity index (χ4n) is 2.19. The molecule has 1 aliphatic rings. The number of thiazole rings is 1. The molecule has 1 N–H and O–H groups in total.